The van der Waals surface area contributed by atoms with E-state index < -0.39 is 23.5 Å². The van der Waals surface area contributed by atoms with Crippen LogP contribution in [0.1, 0.15) is 11.1 Å². The van der Waals surface area contributed by atoms with Gasteiger partial charge in [-0.05, 0) is 30.7 Å². The van der Waals surface area contributed by atoms with Gasteiger partial charge in [0.2, 0.25) is 5.91 Å². The van der Waals surface area contributed by atoms with Crippen molar-refractivity contribution in [2.75, 3.05) is 25.0 Å². The second-order valence-corrected chi connectivity index (χ2v) is 6.50. The molecule has 0 saturated carbocycles. The van der Waals surface area contributed by atoms with Gasteiger partial charge in [-0.2, -0.15) is 0 Å². The van der Waals surface area contributed by atoms with Gasteiger partial charge < -0.3 is 15.1 Å². The van der Waals surface area contributed by atoms with E-state index in [9.17, 15) is 18.8 Å². The van der Waals surface area contributed by atoms with E-state index in [0.717, 1.165) is 11.1 Å². The van der Waals surface area contributed by atoms with Crippen molar-refractivity contribution < 1.29 is 18.8 Å². The molecular formula is C20H20FN3O3. The third-order valence-electron chi connectivity index (χ3n) is 4.33. The topological polar surface area (TPSA) is 69.7 Å². The summed E-state index contributed by atoms with van der Waals surface area (Å²) >= 11 is 0. The average molecular weight is 369 g/mol. The molecule has 2 aromatic carbocycles. The molecule has 1 heterocycles. The molecule has 0 aliphatic carbocycles. The minimum atomic E-state index is -0.706. The van der Waals surface area contributed by atoms with E-state index in [-0.39, 0.29) is 13.1 Å². The average Bonchev–Trinajstić information content (AvgIpc) is 2.63. The van der Waals surface area contributed by atoms with Crippen LogP contribution in [0.5, 0.6) is 0 Å². The Balaban J connectivity index is 1.56. The lowest BCUT2D eigenvalue weighted by atomic mass is 10.1. The first-order valence-corrected chi connectivity index (χ1v) is 8.61. The van der Waals surface area contributed by atoms with Gasteiger partial charge in [0.1, 0.15) is 12.4 Å². The Hall–Kier alpha value is -3.22. The molecular weight excluding hydrogens is 349 g/mol. The highest BCUT2D eigenvalue weighted by atomic mass is 19.1. The van der Waals surface area contributed by atoms with Gasteiger partial charge in [-0.25, -0.2) is 4.39 Å². The fraction of sp³-hybridized carbons (Fsp3) is 0.250. The molecule has 140 valence electrons. The number of halogens is 1. The van der Waals surface area contributed by atoms with Gasteiger partial charge in [0.05, 0.1) is 0 Å². The van der Waals surface area contributed by atoms with Crippen LogP contribution in [0.15, 0.2) is 48.5 Å². The van der Waals surface area contributed by atoms with E-state index in [2.05, 4.69) is 5.32 Å². The number of carbonyl (C=O) groups excluding carboxylic acids is 3. The molecule has 6 nitrogen and oxygen atoms in total. The molecule has 1 aliphatic heterocycles. The Labute approximate surface area is 156 Å². The highest BCUT2D eigenvalue weighted by Gasteiger charge is 2.33. The summed E-state index contributed by atoms with van der Waals surface area (Å²) in [5.41, 5.74) is 2.37. The van der Waals surface area contributed by atoms with Crippen molar-refractivity contribution in [3.63, 3.8) is 0 Å². The number of anilines is 1. The van der Waals surface area contributed by atoms with Crippen molar-refractivity contribution in [3.05, 3.63) is 65.5 Å². The van der Waals surface area contributed by atoms with Crippen molar-refractivity contribution in [2.24, 2.45) is 0 Å². The van der Waals surface area contributed by atoms with E-state index in [1.54, 1.807) is 6.07 Å². The molecule has 27 heavy (non-hydrogen) atoms. The molecule has 1 fully saturated rings. The Bertz CT molecular complexity index is 867. The van der Waals surface area contributed by atoms with Crippen molar-refractivity contribution in [2.45, 2.75) is 13.5 Å². The number of hydrogen-bond donors (Lipinski definition) is 1. The van der Waals surface area contributed by atoms with Crippen LogP contribution in [0.2, 0.25) is 0 Å². The summed E-state index contributed by atoms with van der Waals surface area (Å²) in [6.07, 6.45) is 0. The Morgan fingerprint density at radius 3 is 2.41 bits per heavy atom. The Kier molecular flexibility index (Phi) is 5.49. The number of nitrogens with zero attached hydrogens (tertiary/aromatic N) is 2. The van der Waals surface area contributed by atoms with Gasteiger partial charge in [-0.15, -0.1) is 0 Å². The number of piperazine rings is 1. The maximum absolute atomic E-state index is 13.2. The third-order valence-corrected chi connectivity index (χ3v) is 4.33. The summed E-state index contributed by atoms with van der Waals surface area (Å²) in [5, 5.41) is 2.52. The molecule has 7 heteroatoms. The summed E-state index contributed by atoms with van der Waals surface area (Å²) in [5.74, 6) is -2.28. The van der Waals surface area contributed by atoms with Gasteiger partial charge in [-0.1, -0.05) is 35.9 Å². The van der Waals surface area contributed by atoms with Crippen LogP contribution in [0.3, 0.4) is 0 Å². The van der Waals surface area contributed by atoms with Gasteiger partial charge in [-0.3, -0.25) is 14.4 Å². The Morgan fingerprint density at radius 1 is 1.04 bits per heavy atom. The minimum Gasteiger partial charge on any atom is -0.328 e. The number of hydrogen-bond acceptors (Lipinski definition) is 3. The first-order valence-electron chi connectivity index (χ1n) is 8.61. The lowest BCUT2D eigenvalue weighted by Crippen LogP contribution is -2.55. The van der Waals surface area contributed by atoms with E-state index in [4.69, 9.17) is 0 Å². The summed E-state index contributed by atoms with van der Waals surface area (Å²) < 4.78 is 13.2. The molecule has 1 saturated heterocycles. The van der Waals surface area contributed by atoms with E-state index in [1.807, 2.05) is 31.2 Å². The fourth-order valence-electron chi connectivity index (χ4n) is 2.87. The Morgan fingerprint density at radius 2 is 1.70 bits per heavy atom. The molecule has 0 atom stereocenters. The predicted octanol–water partition coefficient (Wildman–Crippen LogP) is 1.94. The zero-order chi connectivity index (χ0) is 19.4. The fourth-order valence-corrected chi connectivity index (χ4v) is 2.87. The summed E-state index contributed by atoms with van der Waals surface area (Å²) in [7, 11) is 0. The van der Waals surface area contributed by atoms with E-state index >= 15 is 0 Å². The van der Waals surface area contributed by atoms with Crippen LogP contribution in [0.25, 0.3) is 0 Å². The molecule has 0 unspecified atom stereocenters. The summed E-state index contributed by atoms with van der Waals surface area (Å²) in [6, 6.07) is 13.2. The highest BCUT2D eigenvalue weighted by Crippen LogP contribution is 2.13. The lowest BCUT2D eigenvalue weighted by Gasteiger charge is -2.33. The number of amides is 3. The van der Waals surface area contributed by atoms with Crippen LogP contribution in [0.4, 0.5) is 10.1 Å². The van der Waals surface area contributed by atoms with Crippen LogP contribution < -0.4 is 5.32 Å². The molecule has 0 radical (unpaired) electrons. The monoisotopic (exact) mass is 369 g/mol. The maximum atomic E-state index is 13.2. The number of rotatable bonds is 5. The molecule has 0 aromatic heterocycles. The first-order chi connectivity index (χ1) is 12.9. The van der Waals surface area contributed by atoms with Gasteiger partial charge in [0.15, 0.2) is 0 Å². The van der Waals surface area contributed by atoms with Gasteiger partial charge >= 0.3 is 11.8 Å². The third kappa shape index (κ3) is 4.69. The summed E-state index contributed by atoms with van der Waals surface area (Å²) in [4.78, 5) is 39.4. The van der Waals surface area contributed by atoms with Crippen LogP contribution >= 0.6 is 0 Å². The molecule has 3 amide bonds. The second kappa shape index (κ2) is 7.99. The van der Waals surface area contributed by atoms with Crippen molar-refractivity contribution in [1.29, 1.82) is 0 Å². The molecule has 0 spiro atoms. The molecule has 3 rings (SSSR count). The normalized spacial score (nSPS) is 14.4. The lowest BCUT2D eigenvalue weighted by molar-refractivity contribution is -0.157. The van der Waals surface area contributed by atoms with E-state index in [0.29, 0.717) is 18.8 Å². The first kappa shape index (κ1) is 18.6. The molecule has 1 N–H and O–H groups in total. The number of benzene rings is 2. The largest absolute Gasteiger partial charge is 0.328 e. The van der Waals surface area contributed by atoms with Gasteiger partial charge in [0.25, 0.3) is 0 Å². The standard InChI is InChI=1S/C20H20FN3O3/c1-14-5-7-15(8-6-14)12-23-9-10-24(20(27)19(23)26)13-18(25)22-17-4-2-3-16(21)11-17/h2-8,11H,9-10,12-13H2,1H3,(H,22,25). The number of nitrogens with one attached hydrogen (secondary N) is 1. The maximum Gasteiger partial charge on any atom is 0.312 e. The van der Waals surface area contributed by atoms with Crippen molar-refractivity contribution >= 4 is 23.4 Å². The zero-order valence-corrected chi connectivity index (χ0v) is 14.9. The molecule has 1 aliphatic rings. The summed E-state index contributed by atoms with van der Waals surface area (Å²) in [6.45, 7) is 2.71. The zero-order valence-electron chi connectivity index (χ0n) is 14.9. The second-order valence-electron chi connectivity index (χ2n) is 6.50. The highest BCUT2D eigenvalue weighted by molar-refractivity contribution is 6.35. The number of aryl methyl sites for hydroxylation is 1. The van der Waals surface area contributed by atoms with Gasteiger partial charge in [0, 0.05) is 25.3 Å². The minimum absolute atomic E-state index is 0.251. The van der Waals surface area contributed by atoms with Crippen LogP contribution in [-0.4, -0.2) is 47.2 Å². The predicted molar refractivity (Wildman–Crippen MR) is 98.2 cm³/mol. The number of carbonyl (C=O) groups is 3. The molecule has 0 bridgehead atoms. The van der Waals surface area contributed by atoms with Crippen molar-refractivity contribution in [3.8, 4) is 0 Å². The SMILES string of the molecule is Cc1ccc(CN2CCN(CC(=O)Nc3cccc(F)c3)C(=O)C2=O)cc1. The van der Waals surface area contributed by atoms with E-state index in [1.165, 1.54) is 28.0 Å². The van der Waals surface area contributed by atoms with Crippen LogP contribution in [-0.2, 0) is 20.9 Å². The molecule has 2 aromatic rings. The van der Waals surface area contributed by atoms with Crippen LogP contribution in [0, 0.1) is 12.7 Å². The smallest absolute Gasteiger partial charge is 0.312 e. The van der Waals surface area contributed by atoms with Crippen molar-refractivity contribution in [1.82, 2.24) is 9.80 Å². The quantitative estimate of drug-likeness (QED) is 0.819.